The molecule has 2 atom stereocenters. The minimum Gasteiger partial charge on any atom is -0.454 e. The fourth-order valence-electron chi connectivity index (χ4n) is 4.78. The summed E-state index contributed by atoms with van der Waals surface area (Å²) in [5, 5.41) is 0. The Hall–Kier alpha value is -1.02. The molecule has 0 aliphatic heterocycles. The van der Waals surface area contributed by atoms with E-state index in [1.807, 2.05) is 0 Å². The van der Waals surface area contributed by atoms with Crippen molar-refractivity contribution in [2.24, 2.45) is 17.8 Å². The van der Waals surface area contributed by atoms with Gasteiger partial charge in [-0.15, -0.1) is 0 Å². The van der Waals surface area contributed by atoms with E-state index in [0.29, 0.717) is 12.3 Å². The van der Waals surface area contributed by atoms with Crippen LogP contribution in [0.5, 0.6) is 0 Å². The lowest BCUT2D eigenvalue weighted by atomic mass is 9.66. The second kappa shape index (κ2) is 5.24. The van der Waals surface area contributed by atoms with Gasteiger partial charge < -0.3 is 4.74 Å². The second-order valence-electron chi connectivity index (χ2n) is 7.47. The fourth-order valence-corrected chi connectivity index (χ4v) is 4.78. The zero-order chi connectivity index (χ0) is 18.0. The second-order valence-corrected chi connectivity index (χ2v) is 7.47. The van der Waals surface area contributed by atoms with E-state index in [2.05, 4.69) is 0 Å². The molecule has 0 aromatic rings. The Morgan fingerprint density at radius 1 is 0.875 bits per heavy atom. The first kappa shape index (κ1) is 17.8. The molecule has 0 saturated heterocycles. The Labute approximate surface area is 133 Å². The molecule has 9 heteroatoms. The largest absolute Gasteiger partial charge is 0.460 e. The van der Waals surface area contributed by atoms with E-state index in [0.717, 1.165) is 19.3 Å². The molecule has 0 aromatic carbocycles. The van der Waals surface area contributed by atoms with Crippen LogP contribution in [0.3, 0.4) is 0 Å². The van der Waals surface area contributed by atoms with Crippen molar-refractivity contribution in [3.63, 3.8) is 0 Å². The third-order valence-electron chi connectivity index (χ3n) is 5.65. The number of alkyl halides is 7. The summed E-state index contributed by atoms with van der Waals surface area (Å²) in [6.45, 7) is 0. The molecule has 0 heterocycles. The van der Waals surface area contributed by atoms with Crippen molar-refractivity contribution in [3.05, 3.63) is 0 Å². The van der Waals surface area contributed by atoms with Crippen molar-refractivity contribution in [3.8, 4) is 0 Å². The van der Waals surface area contributed by atoms with Gasteiger partial charge in [-0.3, -0.25) is 0 Å². The maximum atomic E-state index is 13.5. The van der Waals surface area contributed by atoms with E-state index in [9.17, 15) is 35.5 Å². The number of hydrogen-bond donors (Lipinski definition) is 0. The van der Waals surface area contributed by atoms with Crippen molar-refractivity contribution in [1.29, 1.82) is 0 Å². The maximum absolute atomic E-state index is 13.5. The van der Waals surface area contributed by atoms with Crippen LogP contribution in [0.2, 0.25) is 0 Å². The van der Waals surface area contributed by atoms with Gasteiger partial charge in [-0.25, -0.2) is 4.79 Å². The lowest BCUT2D eigenvalue weighted by molar-refractivity contribution is -0.350. The molecule has 2 unspecified atom stereocenters. The van der Waals surface area contributed by atoms with Crippen LogP contribution in [0.4, 0.5) is 30.7 Å². The third kappa shape index (κ3) is 2.67. The zero-order valence-electron chi connectivity index (χ0n) is 12.6. The molecule has 138 valence electrons. The smallest absolute Gasteiger partial charge is 0.454 e. The summed E-state index contributed by atoms with van der Waals surface area (Å²) < 4.78 is 94.5. The van der Waals surface area contributed by atoms with Crippen LogP contribution in [0.15, 0.2) is 0 Å². The van der Waals surface area contributed by atoms with Gasteiger partial charge in [0.15, 0.2) is 0 Å². The first-order chi connectivity index (χ1) is 10.9. The molecule has 0 radical (unpaired) electrons. The maximum Gasteiger partial charge on any atom is 0.460 e. The van der Waals surface area contributed by atoms with E-state index < -0.39 is 29.6 Å². The molecule has 4 rings (SSSR count). The SMILES string of the molecule is O=C(OC12CCC3CC(CC(C3)C1)C2)C(F)(F)C(F)(F)C(F)(F)F. The molecular weight excluding hydrogens is 345 g/mol. The van der Waals surface area contributed by atoms with Gasteiger partial charge >= 0.3 is 24.0 Å². The molecule has 0 N–H and O–H groups in total. The van der Waals surface area contributed by atoms with Crippen molar-refractivity contribution < 1.29 is 40.3 Å². The van der Waals surface area contributed by atoms with Gasteiger partial charge in [-0.05, 0) is 62.7 Å². The lowest BCUT2D eigenvalue weighted by Crippen LogP contribution is -2.58. The van der Waals surface area contributed by atoms with Crippen LogP contribution < -0.4 is 0 Å². The number of halogens is 7. The van der Waals surface area contributed by atoms with Crippen LogP contribution in [0.1, 0.15) is 44.9 Å². The highest BCUT2D eigenvalue weighted by Gasteiger charge is 2.77. The van der Waals surface area contributed by atoms with Gasteiger partial charge in [0.05, 0.1) is 0 Å². The Morgan fingerprint density at radius 2 is 1.38 bits per heavy atom. The number of carbonyl (C=O) groups is 1. The molecular formula is C15H17F7O2. The number of carbonyl (C=O) groups excluding carboxylic acids is 1. The van der Waals surface area contributed by atoms with Gasteiger partial charge in [-0.2, -0.15) is 30.7 Å². The standard InChI is InChI=1S/C15H17F7O2/c16-13(17,14(18,19)15(20,21)22)11(23)24-12-2-1-8-3-9(6-12)5-10(4-8)7-12/h8-10H,1-7H2. The van der Waals surface area contributed by atoms with Crippen LogP contribution in [0, 0.1) is 17.8 Å². The monoisotopic (exact) mass is 362 g/mol. The van der Waals surface area contributed by atoms with Crippen LogP contribution in [-0.2, 0) is 9.53 Å². The van der Waals surface area contributed by atoms with Crippen LogP contribution in [-0.4, -0.2) is 29.6 Å². The summed E-state index contributed by atoms with van der Waals surface area (Å²) >= 11 is 0. The highest BCUT2D eigenvalue weighted by Crippen LogP contribution is 2.55. The molecule has 4 bridgehead atoms. The summed E-state index contributed by atoms with van der Waals surface area (Å²) in [6.07, 6.45) is -2.56. The Balaban J connectivity index is 1.81. The molecule has 4 aliphatic carbocycles. The van der Waals surface area contributed by atoms with Crippen molar-refractivity contribution in [2.45, 2.75) is 68.6 Å². The molecule has 0 amide bonds. The Bertz CT molecular complexity index is 514. The predicted octanol–water partition coefficient (Wildman–Crippen LogP) is 4.72. The summed E-state index contributed by atoms with van der Waals surface area (Å²) in [4.78, 5) is 11.6. The number of hydrogen-bond acceptors (Lipinski definition) is 2. The normalized spacial score (nSPS) is 36.5. The highest BCUT2D eigenvalue weighted by atomic mass is 19.4. The van der Waals surface area contributed by atoms with E-state index in [4.69, 9.17) is 4.74 Å². The molecule has 4 saturated carbocycles. The third-order valence-corrected chi connectivity index (χ3v) is 5.65. The van der Waals surface area contributed by atoms with E-state index in [1.165, 1.54) is 0 Å². The fraction of sp³-hybridized carbons (Fsp3) is 0.933. The number of esters is 1. The molecule has 0 spiro atoms. The van der Waals surface area contributed by atoms with Gasteiger partial charge in [0.2, 0.25) is 0 Å². The number of fused-ring (bicyclic) bond motifs is 1. The Kier molecular flexibility index (Phi) is 3.88. The van der Waals surface area contributed by atoms with Crippen LogP contribution in [0.25, 0.3) is 0 Å². The first-order valence-corrected chi connectivity index (χ1v) is 7.92. The van der Waals surface area contributed by atoms with Gasteiger partial charge in [-0.1, -0.05) is 0 Å². The molecule has 0 aromatic heterocycles. The van der Waals surface area contributed by atoms with Gasteiger partial charge in [0, 0.05) is 0 Å². The number of ether oxygens (including phenoxy) is 1. The molecule has 24 heavy (non-hydrogen) atoms. The summed E-state index contributed by atoms with van der Waals surface area (Å²) in [5.41, 5.74) is -1.33. The minimum absolute atomic E-state index is 0.148. The van der Waals surface area contributed by atoms with Crippen molar-refractivity contribution >= 4 is 5.97 Å². The van der Waals surface area contributed by atoms with Crippen LogP contribution >= 0.6 is 0 Å². The quantitative estimate of drug-likeness (QED) is 0.536. The summed E-state index contributed by atoms with van der Waals surface area (Å²) in [7, 11) is 0. The van der Waals surface area contributed by atoms with Crippen molar-refractivity contribution in [1.82, 2.24) is 0 Å². The van der Waals surface area contributed by atoms with Crippen molar-refractivity contribution in [2.75, 3.05) is 0 Å². The highest BCUT2D eigenvalue weighted by molar-refractivity contribution is 5.79. The zero-order valence-corrected chi connectivity index (χ0v) is 12.6. The van der Waals surface area contributed by atoms with E-state index >= 15 is 0 Å². The average molecular weight is 362 g/mol. The molecule has 4 fully saturated rings. The average Bonchev–Trinajstić information content (AvgIpc) is 2.61. The van der Waals surface area contributed by atoms with E-state index in [-0.39, 0.29) is 31.1 Å². The van der Waals surface area contributed by atoms with Gasteiger partial charge in [0.1, 0.15) is 5.60 Å². The first-order valence-electron chi connectivity index (χ1n) is 7.92. The summed E-state index contributed by atoms with van der Waals surface area (Å²) in [6, 6.07) is 0. The van der Waals surface area contributed by atoms with E-state index in [1.54, 1.807) is 0 Å². The predicted molar refractivity (Wildman–Crippen MR) is 67.6 cm³/mol. The minimum atomic E-state index is -6.53. The summed E-state index contributed by atoms with van der Waals surface area (Å²) in [5.74, 6) is -14.5. The van der Waals surface area contributed by atoms with Gasteiger partial charge in [0.25, 0.3) is 0 Å². The molecule has 2 nitrogen and oxygen atoms in total. The number of rotatable bonds is 3. The topological polar surface area (TPSA) is 26.3 Å². The molecule has 4 aliphatic rings. The lowest BCUT2D eigenvalue weighted by Gasteiger charge is -2.45. The Morgan fingerprint density at radius 3 is 1.88 bits per heavy atom.